The van der Waals surface area contributed by atoms with Gasteiger partial charge in [0.1, 0.15) is 43.2 Å². The van der Waals surface area contributed by atoms with Gasteiger partial charge < -0.3 is 39.9 Å². The van der Waals surface area contributed by atoms with Gasteiger partial charge in [-0.3, -0.25) is 18.6 Å². The van der Waals surface area contributed by atoms with Crippen molar-refractivity contribution in [3.8, 4) is 0 Å². The highest BCUT2D eigenvalue weighted by atomic mass is 31.2. The minimum absolute atomic E-state index is 0.0796. The van der Waals surface area contributed by atoms with Crippen LogP contribution in [-0.2, 0) is 32.7 Å². The highest BCUT2D eigenvalue weighted by Gasteiger charge is 2.51. The average molecular weight is 857 g/mol. The number of carbonyl (C=O) groups excluding carboxylic acids is 2. The topological polar surface area (TPSA) is 210 Å². The van der Waals surface area contributed by atoms with Crippen molar-refractivity contribution in [2.75, 3.05) is 13.2 Å². The van der Waals surface area contributed by atoms with E-state index in [4.69, 9.17) is 18.5 Å². The Labute approximate surface area is 353 Å². The summed E-state index contributed by atoms with van der Waals surface area (Å²) in [7, 11) is -5.12. The van der Waals surface area contributed by atoms with E-state index < -0.39 is 75.7 Å². The molecule has 6 unspecified atom stereocenters. The molecule has 14 heteroatoms. The lowest BCUT2D eigenvalue weighted by Gasteiger charge is -2.41. The zero-order valence-electron chi connectivity index (χ0n) is 35.8. The van der Waals surface area contributed by atoms with Crippen molar-refractivity contribution in [2.45, 2.75) is 198 Å². The van der Waals surface area contributed by atoms with Crippen LogP contribution in [-0.4, -0.2) is 98.3 Å². The molecule has 0 radical (unpaired) electrons. The number of unbranched alkanes of at least 4 members (excludes halogenated alkanes) is 13. The Balaban J connectivity index is 2.49. The molecule has 0 saturated heterocycles. The van der Waals surface area contributed by atoms with Gasteiger partial charge in [-0.25, -0.2) is 4.57 Å². The maximum absolute atomic E-state index is 12.8. The van der Waals surface area contributed by atoms with Crippen LogP contribution in [0.1, 0.15) is 155 Å². The van der Waals surface area contributed by atoms with Gasteiger partial charge in [0, 0.05) is 12.8 Å². The zero-order chi connectivity index (χ0) is 43.6. The predicted octanol–water partition coefficient (Wildman–Crippen LogP) is 8.16. The molecule has 0 aromatic carbocycles. The minimum Gasteiger partial charge on any atom is -0.462 e. The molecule has 1 aliphatic carbocycles. The normalized spacial score (nSPS) is 22.9. The SMILES string of the molecule is CC/C=C\C/C=C\C/C=C\CCCCCCCCCC(=O)OC(COC(=O)CCCCCCC/C=C\C/C=C\CCC)COP(=O)(O)OC1C(O)C(O)C(O)C(O)C1O. The first-order valence-electron chi connectivity index (χ1n) is 22.1. The molecule has 1 fully saturated rings. The Morgan fingerprint density at radius 2 is 0.966 bits per heavy atom. The van der Waals surface area contributed by atoms with Crippen LogP contribution < -0.4 is 0 Å². The minimum atomic E-state index is -5.12. The van der Waals surface area contributed by atoms with E-state index in [1.54, 1.807) is 0 Å². The number of hydrogen-bond donors (Lipinski definition) is 6. The Morgan fingerprint density at radius 1 is 0.542 bits per heavy atom. The van der Waals surface area contributed by atoms with Gasteiger partial charge in [0.15, 0.2) is 6.10 Å². The summed E-state index contributed by atoms with van der Waals surface area (Å²) in [4.78, 5) is 35.6. The molecular formula is C45H77O13P. The highest BCUT2D eigenvalue weighted by molar-refractivity contribution is 7.47. The second kappa shape index (κ2) is 35.2. The van der Waals surface area contributed by atoms with Crippen molar-refractivity contribution in [1.29, 1.82) is 0 Å². The van der Waals surface area contributed by atoms with E-state index in [1.807, 2.05) is 0 Å². The third-order valence-electron chi connectivity index (χ3n) is 9.82. The molecule has 340 valence electrons. The summed E-state index contributed by atoms with van der Waals surface area (Å²) >= 11 is 0. The molecule has 1 rings (SSSR count). The van der Waals surface area contributed by atoms with Crippen LogP contribution in [0.3, 0.4) is 0 Å². The standard InChI is InChI=1S/C45H77O13P/c1-3-5-7-9-11-13-15-17-18-19-20-22-24-26-28-30-32-34-39(47)57-37(36-56-59(53,54)58-45-43(51)41(49)40(48)42(50)44(45)52)35-55-38(46)33-31-29-27-25-23-21-16-14-12-10-8-6-4-2/h5,7-8,10-11,13-14,16-18,37,40-45,48-52H,3-4,6,9,12,15,19-36H2,1-2H3,(H,53,54)/b7-5-,10-8-,13-11-,16-14-,18-17-. The van der Waals surface area contributed by atoms with Crippen molar-refractivity contribution < 1.29 is 63.1 Å². The molecule has 0 aliphatic heterocycles. The smallest absolute Gasteiger partial charge is 0.462 e. The number of rotatable bonds is 35. The van der Waals surface area contributed by atoms with Gasteiger partial charge in [0.2, 0.25) is 0 Å². The number of allylic oxidation sites excluding steroid dienone is 10. The number of phosphoric ester groups is 1. The Hall–Kier alpha value is -2.45. The van der Waals surface area contributed by atoms with Gasteiger partial charge in [-0.1, -0.05) is 132 Å². The van der Waals surface area contributed by atoms with E-state index in [9.17, 15) is 44.6 Å². The number of aliphatic hydroxyl groups is 5. The van der Waals surface area contributed by atoms with Crippen LogP contribution in [0.25, 0.3) is 0 Å². The first kappa shape index (κ1) is 54.6. The molecule has 59 heavy (non-hydrogen) atoms. The molecule has 0 aromatic rings. The van der Waals surface area contributed by atoms with Crippen molar-refractivity contribution in [3.05, 3.63) is 60.8 Å². The first-order valence-corrected chi connectivity index (χ1v) is 23.6. The Kier molecular flexibility index (Phi) is 32.5. The fraction of sp³-hybridized carbons (Fsp3) is 0.733. The summed E-state index contributed by atoms with van der Waals surface area (Å²) in [5.41, 5.74) is 0. The van der Waals surface area contributed by atoms with Crippen molar-refractivity contribution >= 4 is 19.8 Å². The van der Waals surface area contributed by atoms with Crippen LogP contribution in [0.4, 0.5) is 0 Å². The van der Waals surface area contributed by atoms with E-state index in [1.165, 1.54) is 0 Å². The predicted molar refractivity (Wildman–Crippen MR) is 230 cm³/mol. The Bertz CT molecular complexity index is 1270. The van der Waals surface area contributed by atoms with E-state index in [2.05, 4.69) is 74.6 Å². The zero-order valence-corrected chi connectivity index (χ0v) is 36.7. The molecule has 0 heterocycles. The number of aliphatic hydroxyl groups excluding tert-OH is 5. The summed E-state index contributed by atoms with van der Waals surface area (Å²) in [6, 6.07) is 0. The number of hydrogen-bond acceptors (Lipinski definition) is 12. The average Bonchev–Trinajstić information content (AvgIpc) is 3.21. The van der Waals surface area contributed by atoms with Crippen molar-refractivity contribution in [1.82, 2.24) is 0 Å². The summed E-state index contributed by atoms with van der Waals surface area (Å²) in [6.45, 7) is 3.09. The van der Waals surface area contributed by atoms with Crippen LogP contribution >= 0.6 is 7.82 Å². The largest absolute Gasteiger partial charge is 0.472 e. The maximum Gasteiger partial charge on any atom is 0.472 e. The number of ether oxygens (including phenoxy) is 2. The molecule has 6 N–H and O–H groups in total. The summed E-state index contributed by atoms with van der Waals surface area (Å²) in [6.07, 6.45) is 28.5. The number of phosphoric acid groups is 1. The third kappa shape index (κ3) is 27.9. The van der Waals surface area contributed by atoms with Gasteiger partial charge >= 0.3 is 19.8 Å². The van der Waals surface area contributed by atoms with Crippen LogP contribution in [0.2, 0.25) is 0 Å². The number of carbonyl (C=O) groups is 2. The van der Waals surface area contributed by atoms with Crippen LogP contribution in [0.5, 0.6) is 0 Å². The molecule has 0 aromatic heterocycles. The van der Waals surface area contributed by atoms with E-state index in [-0.39, 0.29) is 12.8 Å². The van der Waals surface area contributed by atoms with Crippen molar-refractivity contribution in [2.24, 2.45) is 0 Å². The molecule has 0 amide bonds. The molecular weight excluding hydrogens is 779 g/mol. The molecule has 6 atom stereocenters. The molecule has 13 nitrogen and oxygen atoms in total. The quantitative estimate of drug-likeness (QED) is 0.0154. The number of esters is 2. The van der Waals surface area contributed by atoms with Crippen LogP contribution in [0, 0.1) is 0 Å². The molecule has 1 aliphatic rings. The molecule has 0 spiro atoms. The monoisotopic (exact) mass is 857 g/mol. The first-order chi connectivity index (χ1) is 28.4. The fourth-order valence-electron chi connectivity index (χ4n) is 6.28. The van der Waals surface area contributed by atoms with Crippen molar-refractivity contribution in [3.63, 3.8) is 0 Å². The van der Waals surface area contributed by atoms with E-state index in [0.717, 1.165) is 116 Å². The van der Waals surface area contributed by atoms with Gasteiger partial charge in [0.25, 0.3) is 0 Å². The second-order valence-corrected chi connectivity index (χ2v) is 16.6. The summed E-state index contributed by atoms with van der Waals surface area (Å²) in [5.74, 6) is -1.13. The van der Waals surface area contributed by atoms with Gasteiger partial charge in [-0.05, 0) is 70.6 Å². The van der Waals surface area contributed by atoms with Crippen LogP contribution in [0.15, 0.2) is 60.8 Å². The third-order valence-corrected chi connectivity index (χ3v) is 10.8. The lowest BCUT2D eigenvalue weighted by molar-refractivity contribution is -0.220. The Morgan fingerprint density at radius 3 is 1.47 bits per heavy atom. The lowest BCUT2D eigenvalue weighted by Crippen LogP contribution is -2.64. The summed E-state index contributed by atoms with van der Waals surface area (Å²) < 4.78 is 33.5. The second-order valence-electron chi connectivity index (χ2n) is 15.2. The molecule has 1 saturated carbocycles. The highest BCUT2D eigenvalue weighted by Crippen LogP contribution is 2.47. The maximum atomic E-state index is 12.8. The summed E-state index contributed by atoms with van der Waals surface area (Å²) in [5, 5.41) is 50.1. The van der Waals surface area contributed by atoms with E-state index >= 15 is 0 Å². The molecule has 0 bridgehead atoms. The lowest BCUT2D eigenvalue weighted by atomic mass is 9.85. The van der Waals surface area contributed by atoms with Gasteiger partial charge in [-0.15, -0.1) is 0 Å². The van der Waals surface area contributed by atoms with E-state index in [0.29, 0.717) is 12.8 Å². The van der Waals surface area contributed by atoms with Gasteiger partial charge in [-0.2, -0.15) is 0 Å². The van der Waals surface area contributed by atoms with Gasteiger partial charge in [0.05, 0.1) is 6.61 Å². The fourth-order valence-corrected chi connectivity index (χ4v) is 7.25.